The molecule has 0 saturated heterocycles. The van der Waals surface area contributed by atoms with Gasteiger partial charge in [0, 0.05) is 17.4 Å². The summed E-state index contributed by atoms with van der Waals surface area (Å²) in [5.74, 6) is 0.796. The lowest BCUT2D eigenvalue weighted by atomic mass is 9.93. The first kappa shape index (κ1) is 16.5. The molecule has 0 saturated carbocycles. The van der Waals surface area contributed by atoms with Crippen molar-refractivity contribution in [1.29, 1.82) is 0 Å². The van der Waals surface area contributed by atoms with E-state index in [1.54, 1.807) is 31.2 Å². The van der Waals surface area contributed by atoms with E-state index in [2.05, 4.69) is 0 Å². The maximum atomic E-state index is 10.2. The summed E-state index contributed by atoms with van der Waals surface area (Å²) in [4.78, 5) is 0. The summed E-state index contributed by atoms with van der Waals surface area (Å²) in [6.45, 7) is 1.87. The molecule has 19 heavy (non-hydrogen) atoms. The fourth-order valence-electron chi connectivity index (χ4n) is 1.75. The number of aliphatic hydroxyl groups excluding tert-OH is 4. The molecule has 0 bridgehead atoms. The van der Waals surface area contributed by atoms with Crippen LogP contribution in [-0.4, -0.2) is 44.6 Å². The molecule has 0 aliphatic rings. The minimum atomic E-state index is -0.738. The van der Waals surface area contributed by atoms with Gasteiger partial charge >= 0.3 is 0 Å². The van der Waals surface area contributed by atoms with Gasteiger partial charge in [-0.1, -0.05) is 31.2 Å². The molecular weight excluding hydrogens is 264 g/mol. The van der Waals surface area contributed by atoms with E-state index in [4.69, 9.17) is 10.2 Å². The maximum absolute atomic E-state index is 10.2. The highest BCUT2D eigenvalue weighted by Gasteiger charge is 2.23. The van der Waals surface area contributed by atoms with Gasteiger partial charge < -0.3 is 20.4 Å². The third-order valence-corrected chi connectivity index (χ3v) is 4.18. The van der Waals surface area contributed by atoms with E-state index in [9.17, 15) is 10.2 Å². The predicted octanol–water partition coefficient (Wildman–Crippen LogP) is 0.935. The molecule has 0 amide bonds. The zero-order valence-corrected chi connectivity index (χ0v) is 11.9. The first-order valence-electron chi connectivity index (χ1n) is 6.34. The zero-order valence-electron chi connectivity index (χ0n) is 11.1. The quantitative estimate of drug-likeness (QED) is 0.535. The molecular formula is C14H22O4S. The van der Waals surface area contributed by atoms with Gasteiger partial charge in [0.15, 0.2) is 0 Å². The molecule has 1 rings (SSSR count). The van der Waals surface area contributed by atoms with Gasteiger partial charge in [-0.15, -0.1) is 0 Å². The number of hydrogen-bond acceptors (Lipinski definition) is 5. The summed E-state index contributed by atoms with van der Waals surface area (Å²) < 4.78 is 0. The predicted molar refractivity (Wildman–Crippen MR) is 76.9 cm³/mol. The first-order valence-corrected chi connectivity index (χ1v) is 7.50. The minimum absolute atomic E-state index is 0.0215. The molecule has 3 unspecified atom stereocenters. The van der Waals surface area contributed by atoms with E-state index in [0.717, 1.165) is 11.1 Å². The minimum Gasteiger partial charge on any atom is -0.396 e. The number of benzene rings is 1. The lowest BCUT2D eigenvalue weighted by molar-refractivity contribution is 0.0330. The Morgan fingerprint density at radius 3 is 2.26 bits per heavy atom. The van der Waals surface area contributed by atoms with Crippen molar-refractivity contribution in [3.8, 4) is 0 Å². The Labute approximate surface area is 118 Å². The average Bonchev–Trinajstić information content (AvgIpc) is 2.46. The number of thioether (sulfide) groups is 1. The van der Waals surface area contributed by atoms with Gasteiger partial charge in [-0.25, -0.2) is 0 Å². The first-order chi connectivity index (χ1) is 9.10. The van der Waals surface area contributed by atoms with Crippen LogP contribution in [0.4, 0.5) is 0 Å². The Kier molecular flexibility index (Phi) is 7.41. The van der Waals surface area contributed by atoms with E-state index in [1.807, 2.05) is 0 Å². The van der Waals surface area contributed by atoms with Gasteiger partial charge in [0.25, 0.3) is 0 Å². The summed E-state index contributed by atoms with van der Waals surface area (Å²) >= 11 is 1.46. The van der Waals surface area contributed by atoms with Crippen LogP contribution in [0.3, 0.4) is 0 Å². The normalized spacial score (nSPS) is 16.1. The van der Waals surface area contributed by atoms with Gasteiger partial charge in [0.1, 0.15) is 0 Å². The molecule has 108 valence electrons. The molecule has 5 heteroatoms. The number of rotatable bonds is 8. The molecule has 4 nitrogen and oxygen atoms in total. The van der Waals surface area contributed by atoms with Crippen LogP contribution in [0, 0.1) is 5.92 Å². The van der Waals surface area contributed by atoms with Crippen LogP contribution in [0.2, 0.25) is 0 Å². The SMILES string of the molecule is CC(C(O)CSCCO)C(O)c1ccc(CO)cc1. The van der Waals surface area contributed by atoms with Crippen LogP contribution in [0.25, 0.3) is 0 Å². The fraction of sp³-hybridized carbons (Fsp3) is 0.571. The van der Waals surface area contributed by atoms with Gasteiger partial charge in [0.05, 0.1) is 25.4 Å². The topological polar surface area (TPSA) is 80.9 Å². The van der Waals surface area contributed by atoms with Crippen molar-refractivity contribution in [3.05, 3.63) is 35.4 Å². The third kappa shape index (κ3) is 5.12. The van der Waals surface area contributed by atoms with Crippen LogP contribution in [0.15, 0.2) is 24.3 Å². The number of hydrogen-bond donors (Lipinski definition) is 4. The molecule has 0 fully saturated rings. The van der Waals surface area contributed by atoms with Crippen molar-refractivity contribution in [2.75, 3.05) is 18.1 Å². The van der Waals surface area contributed by atoms with Gasteiger partial charge in [-0.05, 0) is 11.1 Å². The standard InChI is InChI=1S/C14H22O4S/c1-10(13(17)9-19-7-6-15)14(18)12-4-2-11(8-16)3-5-12/h2-5,10,13-18H,6-9H2,1H3. The molecule has 4 N–H and O–H groups in total. The third-order valence-electron chi connectivity index (χ3n) is 3.13. The Morgan fingerprint density at radius 1 is 1.11 bits per heavy atom. The van der Waals surface area contributed by atoms with Crippen LogP contribution < -0.4 is 0 Å². The average molecular weight is 286 g/mol. The van der Waals surface area contributed by atoms with Gasteiger partial charge in [-0.3, -0.25) is 0 Å². The highest BCUT2D eigenvalue weighted by Crippen LogP contribution is 2.26. The van der Waals surface area contributed by atoms with Crippen molar-refractivity contribution in [2.24, 2.45) is 5.92 Å². The molecule has 1 aromatic rings. The van der Waals surface area contributed by atoms with Crippen molar-refractivity contribution < 1.29 is 20.4 Å². The lowest BCUT2D eigenvalue weighted by Crippen LogP contribution is -2.26. The van der Waals surface area contributed by atoms with Crippen molar-refractivity contribution >= 4 is 11.8 Å². The summed E-state index contributed by atoms with van der Waals surface area (Å²) in [5.41, 5.74) is 1.53. The van der Waals surface area contributed by atoms with E-state index >= 15 is 0 Å². The van der Waals surface area contributed by atoms with Crippen molar-refractivity contribution in [1.82, 2.24) is 0 Å². The summed E-state index contributed by atoms with van der Waals surface area (Å²) in [6, 6.07) is 7.05. The molecule has 0 aliphatic carbocycles. The Bertz CT molecular complexity index is 355. The lowest BCUT2D eigenvalue weighted by Gasteiger charge is -2.24. The Balaban J connectivity index is 2.56. The van der Waals surface area contributed by atoms with Crippen LogP contribution in [-0.2, 0) is 6.61 Å². The molecule has 3 atom stereocenters. The van der Waals surface area contributed by atoms with Crippen LogP contribution in [0.5, 0.6) is 0 Å². The molecule has 0 aliphatic heterocycles. The Morgan fingerprint density at radius 2 is 1.74 bits per heavy atom. The second-order valence-electron chi connectivity index (χ2n) is 4.57. The van der Waals surface area contributed by atoms with E-state index in [1.165, 1.54) is 11.8 Å². The smallest absolute Gasteiger partial charge is 0.0840 e. The van der Waals surface area contributed by atoms with E-state index in [0.29, 0.717) is 11.5 Å². The monoisotopic (exact) mass is 286 g/mol. The summed E-state index contributed by atoms with van der Waals surface area (Å²) in [7, 11) is 0. The molecule has 0 spiro atoms. The van der Waals surface area contributed by atoms with E-state index < -0.39 is 12.2 Å². The van der Waals surface area contributed by atoms with E-state index in [-0.39, 0.29) is 19.1 Å². The molecule has 0 radical (unpaired) electrons. The fourth-order valence-corrected chi connectivity index (χ4v) is 2.60. The second-order valence-corrected chi connectivity index (χ2v) is 5.72. The highest BCUT2D eigenvalue weighted by molar-refractivity contribution is 7.99. The van der Waals surface area contributed by atoms with Crippen LogP contribution in [0.1, 0.15) is 24.2 Å². The molecule has 0 heterocycles. The van der Waals surface area contributed by atoms with Crippen molar-refractivity contribution in [2.45, 2.75) is 25.7 Å². The zero-order chi connectivity index (χ0) is 14.3. The highest BCUT2D eigenvalue weighted by atomic mass is 32.2. The van der Waals surface area contributed by atoms with Gasteiger partial charge in [-0.2, -0.15) is 11.8 Å². The Hall–Kier alpha value is -0.590. The summed E-state index contributed by atoms with van der Waals surface area (Å²) in [5, 5.41) is 37.8. The summed E-state index contributed by atoms with van der Waals surface area (Å²) in [6.07, 6.45) is -1.36. The number of aliphatic hydroxyl groups is 4. The largest absolute Gasteiger partial charge is 0.396 e. The maximum Gasteiger partial charge on any atom is 0.0840 e. The second kappa shape index (κ2) is 8.55. The molecule has 0 aromatic heterocycles. The van der Waals surface area contributed by atoms with Gasteiger partial charge in [0.2, 0.25) is 0 Å². The van der Waals surface area contributed by atoms with Crippen LogP contribution >= 0.6 is 11.8 Å². The molecule has 1 aromatic carbocycles. The van der Waals surface area contributed by atoms with Crippen molar-refractivity contribution in [3.63, 3.8) is 0 Å².